The third-order valence-corrected chi connectivity index (χ3v) is 5.81. The number of rotatable bonds is 6. The molecule has 0 bridgehead atoms. The van der Waals surface area contributed by atoms with Gasteiger partial charge in [-0.25, -0.2) is 18.4 Å². The number of aromatic nitrogens is 2. The van der Waals surface area contributed by atoms with Crippen molar-refractivity contribution >= 4 is 15.8 Å². The van der Waals surface area contributed by atoms with Crippen LogP contribution in [0.1, 0.15) is 30.9 Å². The molecule has 0 fully saturated rings. The first-order valence-electron chi connectivity index (χ1n) is 7.83. The van der Waals surface area contributed by atoms with E-state index in [0.29, 0.717) is 11.4 Å². The Morgan fingerprint density at radius 2 is 1.75 bits per heavy atom. The molecule has 0 saturated heterocycles. The summed E-state index contributed by atoms with van der Waals surface area (Å²) in [4.78, 5) is 8.86. The fraction of sp³-hybridized carbons (Fsp3) is 0.412. The second-order valence-electron chi connectivity index (χ2n) is 6.05. The average molecular weight is 348 g/mol. The van der Waals surface area contributed by atoms with Crippen molar-refractivity contribution < 1.29 is 8.42 Å². The van der Waals surface area contributed by atoms with Gasteiger partial charge in [0.05, 0.1) is 4.90 Å². The van der Waals surface area contributed by atoms with Crippen LogP contribution in [0.5, 0.6) is 0 Å². The van der Waals surface area contributed by atoms with Gasteiger partial charge in [-0.05, 0) is 45.4 Å². The molecule has 2 rings (SSSR count). The molecular weight excluding hydrogens is 324 g/mol. The van der Waals surface area contributed by atoms with E-state index in [1.165, 1.54) is 4.31 Å². The lowest BCUT2D eigenvalue weighted by Gasteiger charge is -2.21. The van der Waals surface area contributed by atoms with Gasteiger partial charge in [0, 0.05) is 31.4 Å². The highest BCUT2D eigenvalue weighted by atomic mass is 32.2. The number of anilines is 1. The number of sulfonamides is 1. The van der Waals surface area contributed by atoms with Crippen LogP contribution in [0.15, 0.2) is 35.2 Å². The molecule has 24 heavy (non-hydrogen) atoms. The highest BCUT2D eigenvalue weighted by Crippen LogP contribution is 2.17. The molecule has 0 saturated carbocycles. The van der Waals surface area contributed by atoms with E-state index in [-0.39, 0.29) is 6.04 Å². The third kappa shape index (κ3) is 4.30. The van der Waals surface area contributed by atoms with Crippen LogP contribution in [0, 0.1) is 13.8 Å². The summed E-state index contributed by atoms with van der Waals surface area (Å²) >= 11 is 0. The number of nitrogens with zero attached hydrogens (tertiary/aromatic N) is 3. The van der Waals surface area contributed by atoms with Crippen LogP contribution in [0.3, 0.4) is 0 Å². The van der Waals surface area contributed by atoms with Gasteiger partial charge in [-0.15, -0.1) is 0 Å². The predicted octanol–water partition coefficient (Wildman–Crippen LogP) is 2.73. The van der Waals surface area contributed by atoms with Gasteiger partial charge >= 0.3 is 0 Å². The summed E-state index contributed by atoms with van der Waals surface area (Å²) in [7, 11) is -1.85. The van der Waals surface area contributed by atoms with Crippen molar-refractivity contribution in [1.82, 2.24) is 14.3 Å². The first-order chi connectivity index (χ1) is 11.2. The second kappa shape index (κ2) is 7.27. The molecular formula is C17H24N4O2S. The lowest BCUT2D eigenvalue weighted by atomic mass is 10.2. The molecule has 1 aromatic carbocycles. The molecule has 0 atom stereocenters. The van der Waals surface area contributed by atoms with Gasteiger partial charge in [0.25, 0.3) is 0 Å². The number of hydrogen-bond acceptors (Lipinski definition) is 5. The third-order valence-electron chi connectivity index (χ3n) is 3.77. The van der Waals surface area contributed by atoms with Crippen molar-refractivity contribution in [2.24, 2.45) is 0 Å². The molecule has 1 N–H and O–H groups in total. The zero-order chi connectivity index (χ0) is 17.9. The standard InChI is InChI=1S/C17H24N4O2S/c1-12(2)21(5)24(22,23)16-8-6-15(7-9-16)11-18-17-10-13(3)19-14(4)20-17/h6-10,12H,11H2,1-5H3,(H,18,19,20). The van der Waals surface area contributed by atoms with Crippen LogP contribution >= 0.6 is 0 Å². The molecule has 130 valence electrons. The van der Waals surface area contributed by atoms with Crippen LogP contribution in [0.4, 0.5) is 5.82 Å². The van der Waals surface area contributed by atoms with Gasteiger partial charge in [0.1, 0.15) is 11.6 Å². The molecule has 0 amide bonds. The maximum Gasteiger partial charge on any atom is 0.243 e. The van der Waals surface area contributed by atoms with E-state index in [2.05, 4.69) is 15.3 Å². The molecule has 0 spiro atoms. The lowest BCUT2D eigenvalue weighted by Crippen LogP contribution is -2.33. The Balaban J connectivity index is 2.10. The van der Waals surface area contributed by atoms with E-state index in [1.807, 2.05) is 45.9 Å². The van der Waals surface area contributed by atoms with Crippen LogP contribution in [-0.4, -0.2) is 35.8 Å². The molecule has 6 nitrogen and oxygen atoms in total. The second-order valence-corrected chi connectivity index (χ2v) is 8.05. The van der Waals surface area contributed by atoms with Gasteiger partial charge in [-0.3, -0.25) is 0 Å². The minimum absolute atomic E-state index is 0.0828. The minimum atomic E-state index is -3.44. The molecule has 7 heteroatoms. The van der Waals surface area contributed by atoms with Gasteiger partial charge in [-0.2, -0.15) is 4.31 Å². The zero-order valence-electron chi connectivity index (χ0n) is 14.7. The smallest absolute Gasteiger partial charge is 0.243 e. The molecule has 0 aliphatic carbocycles. The fourth-order valence-corrected chi connectivity index (χ4v) is 3.59. The first kappa shape index (κ1) is 18.4. The molecule has 1 aromatic heterocycles. The monoisotopic (exact) mass is 348 g/mol. The number of nitrogens with one attached hydrogen (secondary N) is 1. The fourth-order valence-electron chi connectivity index (χ4n) is 2.22. The van der Waals surface area contributed by atoms with E-state index in [9.17, 15) is 8.42 Å². The summed E-state index contributed by atoms with van der Waals surface area (Å²) in [6.45, 7) is 8.03. The topological polar surface area (TPSA) is 75.2 Å². The SMILES string of the molecule is Cc1cc(NCc2ccc(S(=O)(=O)N(C)C(C)C)cc2)nc(C)n1. The maximum absolute atomic E-state index is 12.4. The molecule has 0 aliphatic heterocycles. The predicted molar refractivity (Wildman–Crippen MR) is 95.4 cm³/mol. The van der Waals surface area contributed by atoms with Crippen molar-refractivity contribution in [3.8, 4) is 0 Å². The van der Waals surface area contributed by atoms with Crippen LogP contribution in [-0.2, 0) is 16.6 Å². The maximum atomic E-state index is 12.4. The summed E-state index contributed by atoms with van der Waals surface area (Å²) in [6.07, 6.45) is 0. The summed E-state index contributed by atoms with van der Waals surface area (Å²) in [5.41, 5.74) is 1.89. The van der Waals surface area contributed by atoms with Crippen LogP contribution in [0.2, 0.25) is 0 Å². The Hall–Kier alpha value is -1.99. The van der Waals surface area contributed by atoms with Gasteiger partial charge in [0.15, 0.2) is 0 Å². The van der Waals surface area contributed by atoms with Crippen molar-refractivity contribution in [3.05, 3.63) is 47.4 Å². The Bertz CT molecular complexity index is 782. The summed E-state index contributed by atoms with van der Waals surface area (Å²) in [6, 6.07) is 8.71. The minimum Gasteiger partial charge on any atom is -0.366 e. The lowest BCUT2D eigenvalue weighted by molar-refractivity contribution is 0.410. The largest absolute Gasteiger partial charge is 0.366 e. The molecule has 0 unspecified atom stereocenters. The summed E-state index contributed by atoms with van der Waals surface area (Å²) in [5, 5.41) is 3.23. The van der Waals surface area contributed by atoms with E-state index in [1.54, 1.807) is 19.2 Å². The average Bonchev–Trinajstić information content (AvgIpc) is 2.51. The van der Waals surface area contributed by atoms with E-state index >= 15 is 0 Å². The van der Waals surface area contributed by atoms with Crippen molar-refractivity contribution in [3.63, 3.8) is 0 Å². The Morgan fingerprint density at radius 1 is 1.12 bits per heavy atom. The van der Waals surface area contributed by atoms with Crippen molar-refractivity contribution in [2.75, 3.05) is 12.4 Å². The highest BCUT2D eigenvalue weighted by molar-refractivity contribution is 7.89. The molecule has 0 aliphatic rings. The summed E-state index contributed by atoms with van der Waals surface area (Å²) in [5.74, 6) is 1.48. The van der Waals surface area contributed by atoms with E-state index in [0.717, 1.165) is 22.9 Å². The zero-order valence-corrected chi connectivity index (χ0v) is 15.6. The van der Waals surface area contributed by atoms with Crippen LogP contribution in [0.25, 0.3) is 0 Å². The molecule has 0 radical (unpaired) electrons. The highest BCUT2D eigenvalue weighted by Gasteiger charge is 2.22. The molecule has 2 aromatic rings. The van der Waals surface area contributed by atoms with Gasteiger partial charge in [0.2, 0.25) is 10.0 Å². The van der Waals surface area contributed by atoms with E-state index < -0.39 is 10.0 Å². The number of benzene rings is 1. The normalized spacial score (nSPS) is 12.0. The molecule has 1 heterocycles. The van der Waals surface area contributed by atoms with Gasteiger partial charge < -0.3 is 5.32 Å². The first-order valence-corrected chi connectivity index (χ1v) is 9.27. The Labute approximate surface area is 144 Å². The Morgan fingerprint density at radius 3 is 2.29 bits per heavy atom. The van der Waals surface area contributed by atoms with Crippen molar-refractivity contribution in [1.29, 1.82) is 0 Å². The Kier molecular flexibility index (Phi) is 5.56. The number of aryl methyl sites for hydroxylation is 2. The van der Waals surface area contributed by atoms with E-state index in [4.69, 9.17) is 0 Å². The quantitative estimate of drug-likeness (QED) is 0.869. The van der Waals surface area contributed by atoms with Crippen LogP contribution < -0.4 is 5.32 Å². The summed E-state index contributed by atoms with van der Waals surface area (Å²) < 4.78 is 26.2. The van der Waals surface area contributed by atoms with Gasteiger partial charge in [-0.1, -0.05) is 12.1 Å². The number of hydrogen-bond donors (Lipinski definition) is 1. The van der Waals surface area contributed by atoms with Crippen molar-refractivity contribution in [2.45, 2.75) is 45.2 Å².